The van der Waals surface area contributed by atoms with Gasteiger partial charge in [0.1, 0.15) is 0 Å². The highest BCUT2D eigenvalue weighted by molar-refractivity contribution is 7.80. The van der Waals surface area contributed by atoms with Crippen LogP contribution in [-0.2, 0) is 0 Å². The Labute approximate surface area is 96.4 Å². The molecule has 0 saturated heterocycles. The van der Waals surface area contributed by atoms with Gasteiger partial charge in [-0.05, 0) is 31.2 Å². The van der Waals surface area contributed by atoms with Crippen LogP contribution in [0.2, 0.25) is 0 Å². The molecule has 15 heavy (non-hydrogen) atoms. The monoisotopic (exact) mass is 217 g/mol. The largest absolute Gasteiger partial charge is 0.399 e. The molecule has 1 nitrogen and oxygen atoms in total. The van der Waals surface area contributed by atoms with Gasteiger partial charge >= 0.3 is 0 Å². The summed E-state index contributed by atoms with van der Waals surface area (Å²) in [6.07, 6.45) is 0. The molecular formula is C13H15NS. The highest BCUT2D eigenvalue weighted by Gasteiger charge is 1.80. The number of aryl methyl sites for hydroxylation is 1. The first kappa shape index (κ1) is 11.7. The van der Waals surface area contributed by atoms with E-state index in [0.29, 0.717) is 0 Å². The van der Waals surface area contributed by atoms with Crippen molar-refractivity contribution in [3.05, 3.63) is 60.2 Å². The predicted octanol–water partition coefficient (Wildman–Crippen LogP) is 3.55. The molecule has 0 aromatic heterocycles. The summed E-state index contributed by atoms with van der Waals surface area (Å²) in [4.78, 5) is 1.02. The molecule has 0 radical (unpaired) electrons. The molecule has 2 heteroatoms. The zero-order valence-electron chi connectivity index (χ0n) is 8.72. The molecule has 2 aromatic carbocycles. The van der Waals surface area contributed by atoms with Crippen LogP contribution in [0.1, 0.15) is 5.56 Å². The lowest BCUT2D eigenvalue weighted by Crippen LogP contribution is -1.81. The van der Waals surface area contributed by atoms with Crippen LogP contribution in [0, 0.1) is 6.92 Å². The Hall–Kier alpha value is -1.41. The van der Waals surface area contributed by atoms with Gasteiger partial charge in [-0.3, -0.25) is 0 Å². The molecule has 2 rings (SSSR count). The van der Waals surface area contributed by atoms with Gasteiger partial charge in [0, 0.05) is 10.6 Å². The Bertz CT molecular complexity index is 360. The van der Waals surface area contributed by atoms with E-state index >= 15 is 0 Å². The summed E-state index contributed by atoms with van der Waals surface area (Å²) in [5.74, 6) is 0. The van der Waals surface area contributed by atoms with E-state index in [4.69, 9.17) is 5.73 Å². The molecule has 0 unspecified atom stereocenters. The van der Waals surface area contributed by atoms with Gasteiger partial charge < -0.3 is 5.73 Å². The van der Waals surface area contributed by atoms with Gasteiger partial charge in [-0.15, -0.1) is 12.6 Å². The smallest absolute Gasteiger partial charge is 0.0314 e. The number of nitrogen functional groups attached to an aromatic ring is 1. The summed E-state index contributed by atoms with van der Waals surface area (Å²) < 4.78 is 0. The van der Waals surface area contributed by atoms with Gasteiger partial charge in [-0.25, -0.2) is 0 Å². The van der Waals surface area contributed by atoms with E-state index in [1.54, 1.807) is 0 Å². The van der Waals surface area contributed by atoms with Crippen LogP contribution in [0.3, 0.4) is 0 Å². The molecule has 0 aliphatic rings. The predicted molar refractivity (Wildman–Crippen MR) is 69.3 cm³/mol. The van der Waals surface area contributed by atoms with Crippen molar-refractivity contribution < 1.29 is 0 Å². The molecule has 0 saturated carbocycles. The van der Waals surface area contributed by atoms with Crippen molar-refractivity contribution in [1.82, 2.24) is 0 Å². The average Bonchev–Trinajstić information content (AvgIpc) is 2.25. The Morgan fingerprint density at radius 3 is 1.73 bits per heavy atom. The molecule has 0 aliphatic heterocycles. The van der Waals surface area contributed by atoms with Gasteiger partial charge in [0.2, 0.25) is 0 Å². The summed E-state index contributed by atoms with van der Waals surface area (Å²) in [7, 11) is 0. The fraction of sp³-hybridized carbons (Fsp3) is 0.0769. The lowest BCUT2D eigenvalue weighted by molar-refractivity contribution is 1.47. The van der Waals surface area contributed by atoms with Crippen LogP contribution in [-0.4, -0.2) is 0 Å². The second-order valence-electron chi connectivity index (χ2n) is 3.25. The fourth-order valence-electron chi connectivity index (χ4n) is 0.994. The van der Waals surface area contributed by atoms with Crippen molar-refractivity contribution in [1.29, 1.82) is 0 Å². The standard InChI is InChI=1S/C7H9N.C6H6S/c1-6-2-4-7(8)5-3-6;7-6-4-2-1-3-5-6/h2-5H,8H2,1H3;1-5,7H. The van der Waals surface area contributed by atoms with Gasteiger partial charge in [-0.1, -0.05) is 35.9 Å². The average molecular weight is 217 g/mol. The van der Waals surface area contributed by atoms with E-state index in [1.165, 1.54) is 5.56 Å². The Kier molecular flexibility index (Phi) is 4.78. The molecular weight excluding hydrogens is 202 g/mol. The summed E-state index contributed by atoms with van der Waals surface area (Å²) in [6.45, 7) is 2.04. The first-order valence-corrected chi connectivity index (χ1v) is 5.19. The summed E-state index contributed by atoms with van der Waals surface area (Å²) in [6, 6.07) is 17.6. The van der Waals surface area contributed by atoms with Crippen LogP contribution >= 0.6 is 12.6 Å². The maximum absolute atomic E-state index is 5.43. The maximum atomic E-state index is 5.43. The molecule has 0 amide bonds. The van der Waals surface area contributed by atoms with Gasteiger partial charge in [-0.2, -0.15) is 0 Å². The number of thiol groups is 1. The first-order chi connectivity index (χ1) is 7.18. The number of hydrogen-bond donors (Lipinski definition) is 2. The van der Waals surface area contributed by atoms with E-state index in [9.17, 15) is 0 Å². The normalized spacial score (nSPS) is 8.93. The molecule has 0 aliphatic carbocycles. The van der Waals surface area contributed by atoms with Crippen molar-refractivity contribution in [2.24, 2.45) is 0 Å². The zero-order valence-corrected chi connectivity index (χ0v) is 9.62. The van der Waals surface area contributed by atoms with Crippen molar-refractivity contribution in [2.45, 2.75) is 11.8 Å². The van der Waals surface area contributed by atoms with E-state index < -0.39 is 0 Å². The number of hydrogen-bond acceptors (Lipinski definition) is 2. The third-order valence-corrected chi connectivity index (χ3v) is 2.13. The SMILES string of the molecule is Cc1ccc(N)cc1.Sc1ccccc1. The Morgan fingerprint density at radius 2 is 1.40 bits per heavy atom. The van der Waals surface area contributed by atoms with Crippen LogP contribution in [0.4, 0.5) is 5.69 Å². The van der Waals surface area contributed by atoms with Crippen LogP contribution < -0.4 is 5.73 Å². The van der Waals surface area contributed by atoms with Crippen molar-refractivity contribution in [2.75, 3.05) is 5.73 Å². The zero-order chi connectivity index (χ0) is 11.1. The van der Waals surface area contributed by atoms with Crippen LogP contribution in [0.15, 0.2) is 59.5 Å². The molecule has 2 N–H and O–H groups in total. The molecule has 0 fully saturated rings. The molecule has 0 atom stereocenters. The summed E-state index contributed by atoms with van der Waals surface area (Å²) in [5.41, 5.74) is 7.51. The van der Waals surface area contributed by atoms with E-state index in [1.807, 2.05) is 61.5 Å². The second kappa shape index (κ2) is 6.14. The topological polar surface area (TPSA) is 26.0 Å². The fourth-order valence-corrected chi connectivity index (χ4v) is 1.17. The minimum Gasteiger partial charge on any atom is -0.399 e. The quantitative estimate of drug-likeness (QED) is 0.512. The van der Waals surface area contributed by atoms with Gasteiger partial charge in [0.15, 0.2) is 0 Å². The van der Waals surface area contributed by atoms with Crippen molar-refractivity contribution in [3.63, 3.8) is 0 Å². The highest BCUT2D eigenvalue weighted by atomic mass is 32.1. The number of anilines is 1. The number of nitrogens with two attached hydrogens (primary N) is 1. The lowest BCUT2D eigenvalue weighted by atomic mass is 10.2. The Balaban J connectivity index is 0.000000151. The molecule has 0 heterocycles. The second-order valence-corrected chi connectivity index (χ2v) is 3.76. The molecule has 2 aromatic rings. The third kappa shape index (κ3) is 5.13. The minimum atomic E-state index is 0.829. The van der Waals surface area contributed by atoms with Gasteiger partial charge in [0.05, 0.1) is 0 Å². The van der Waals surface area contributed by atoms with E-state index in [2.05, 4.69) is 12.6 Å². The number of rotatable bonds is 0. The highest BCUT2D eigenvalue weighted by Crippen LogP contribution is 2.02. The first-order valence-electron chi connectivity index (χ1n) is 4.74. The lowest BCUT2D eigenvalue weighted by Gasteiger charge is -1.90. The van der Waals surface area contributed by atoms with Crippen molar-refractivity contribution >= 4 is 18.3 Å². The van der Waals surface area contributed by atoms with Crippen molar-refractivity contribution in [3.8, 4) is 0 Å². The van der Waals surface area contributed by atoms with Crippen LogP contribution in [0.5, 0.6) is 0 Å². The molecule has 0 spiro atoms. The summed E-state index contributed by atoms with van der Waals surface area (Å²) >= 11 is 4.08. The maximum Gasteiger partial charge on any atom is 0.0314 e. The molecule has 78 valence electrons. The minimum absolute atomic E-state index is 0.829. The Morgan fingerprint density at radius 1 is 0.867 bits per heavy atom. The van der Waals surface area contributed by atoms with Crippen LogP contribution in [0.25, 0.3) is 0 Å². The molecule has 0 bridgehead atoms. The third-order valence-electron chi connectivity index (χ3n) is 1.83. The van der Waals surface area contributed by atoms with E-state index in [-0.39, 0.29) is 0 Å². The summed E-state index contributed by atoms with van der Waals surface area (Å²) in [5, 5.41) is 0. The number of benzene rings is 2. The van der Waals surface area contributed by atoms with E-state index in [0.717, 1.165) is 10.6 Å². The van der Waals surface area contributed by atoms with Gasteiger partial charge in [0.25, 0.3) is 0 Å².